The Hall–Kier alpha value is -3.32. The lowest BCUT2D eigenvalue weighted by atomic mass is 9.99. The number of allylic oxidation sites excluding steroid dienone is 1. The second kappa shape index (κ2) is 11.2. The van der Waals surface area contributed by atoms with Crippen LogP contribution in [0.1, 0.15) is 46.9 Å². The first-order valence-electron chi connectivity index (χ1n) is 11.7. The molecular weight excluding hydrogens is 426 g/mol. The van der Waals surface area contributed by atoms with E-state index in [4.69, 9.17) is 10.5 Å². The summed E-state index contributed by atoms with van der Waals surface area (Å²) in [7, 11) is 5.91. The monoisotopic (exact) mass is 463 g/mol. The molecule has 1 amide bonds. The molecule has 0 spiro atoms. The van der Waals surface area contributed by atoms with E-state index in [0.717, 1.165) is 46.8 Å². The average molecular weight is 464 g/mol. The Bertz CT molecular complexity index is 1070. The van der Waals surface area contributed by atoms with Gasteiger partial charge < -0.3 is 25.6 Å². The van der Waals surface area contributed by atoms with Crippen LogP contribution in [0.5, 0.6) is 5.75 Å². The minimum atomic E-state index is -0.227. The number of amides is 1. The van der Waals surface area contributed by atoms with Crippen molar-refractivity contribution in [2.75, 3.05) is 45.7 Å². The first-order chi connectivity index (χ1) is 16.3. The smallest absolute Gasteiger partial charge is 0.252 e. The number of anilines is 1. The van der Waals surface area contributed by atoms with E-state index in [2.05, 4.69) is 40.3 Å². The summed E-state index contributed by atoms with van der Waals surface area (Å²) in [5.41, 5.74) is 11.2. The Morgan fingerprint density at radius 2 is 2.03 bits per heavy atom. The van der Waals surface area contributed by atoms with Crippen molar-refractivity contribution in [3.63, 3.8) is 0 Å². The number of aryl methyl sites for hydroxylation is 1. The van der Waals surface area contributed by atoms with Crippen molar-refractivity contribution in [3.05, 3.63) is 64.9 Å². The van der Waals surface area contributed by atoms with Gasteiger partial charge >= 0.3 is 0 Å². The Balaban J connectivity index is 1.81. The Labute approximate surface area is 203 Å². The van der Waals surface area contributed by atoms with Gasteiger partial charge in [0.15, 0.2) is 0 Å². The fourth-order valence-electron chi connectivity index (χ4n) is 4.04. The predicted molar refractivity (Wildman–Crippen MR) is 141 cm³/mol. The van der Waals surface area contributed by atoms with Gasteiger partial charge in [-0.25, -0.2) is 0 Å². The number of hydrogen-bond acceptors (Lipinski definition) is 6. The first kappa shape index (κ1) is 25.3. The summed E-state index contributed by atoms with van der Waals surface area (Å²) in [5, 5.41) is 3.16. The molecule has 7 nitrogen and oxygen atoms in total. The molecule has 2 aromatic carbocycles. The van der Waals surface area contributed by atoms with Gasteiger partial charge in [0.1, 0.15) is 5.75 Å². The Morgan fingerprint density at radius 3 is 2.65 bits per heavy atom. The lowest BCUT2D eigenvalue weighted by molar-refractivity contribution is 0.0939. The normalized spacial score (nSPS) is 15.5. The minimum Gasteiger partial charge on any atom is -0.494 e. The molecule has 1 fully saturated rings. The van der Waals surface area contributed by atoms with E-state index in [1.807, 2.05) is 51.1 Å². The Morgan fingerprint density at radius 1 is 1.29 bits per heavy atom. The number of hydrogen-bond donors (Lipinski definition) is 2. The van der Waals surface area contributed by atoms with E-state index >= 15 is 0 Å². The number of carbonyl (C=O) groups excluding carboxylic acids is 1. The largest absolute Gasteiger partial charge is 0.494 e. The highest BCUT2D eigenvalue weighted by Gasteiger charge is 2.29. The fourth-order valence-corrected chi connectivity index (χ4v) is 4.04. The van der Waals surface area contributed by atoms with Gasteiger partial charge in [0, 0.05) is 55.4 Å². The summed E-state index contributed by atoms with van der Waals surface area (Å²) in [5.74, 6) is 0.635. The second-order valence-corrected chi connectivity index (χ2v) is 8.95. The van der Waals surface area contributed by atoms with Crippen molar-refractivity contribution in [2.45, 2.75) is 32.9 Å². The molecule has 1 aliphatic heterocycles. The van der Waals surface area contributed by atoms with Crippen molar-refractivity contribution >= 4 is 23.4 Å². The van der Waals surface area contributed by atoms with E-state index in [1.165, 1.54) is 6.20 Å². The number of carbonyl (C=O) groups is 1. The summed E-state index contributed by atoms with van der Waals surface area (Å²) in [6.07, 6.45) is 3.24. The van der Waals surface area contributed by atoms with Gasteiger partial charge in [-0.05, 0) is 81.9 Å². The summed E-state index contributed by atoms with van der Waals surface area (Å²) in [6.45, 7) is 8.38. The highest BCUT2D eigenvalue weighted by molar-refractivity contribution is 6.09. The highest BCUT2D eigenvalue weighted by atomic mass is 16.5. The van der Waals surface area contributed by atoms with Crippen molar-refractivity contribution in [1.29, 1.82) is 0 Å². The fraction of sp³-hybridized carbons (Fsp3) is 0.407. The molecule has 0 aliphatic carbocycles. The van der Waals surface area contributed by atoms with Gasteiger partial charge in [0.2, 0.25) is 0 Å². The van der Waals surface area contributed by atoms with Crippen LogP contribution in [0.25, 0.3) is 5.57 Å². The molecule has 1 atom stereocenters. The summed E-state index contributed by atoms with van der Waals surface area (Å²) < 4.78 is 5.77. The number of ether oxygens (including phenoxy) is 1. The third-order valence-corrected chi connectivity index (χ3v) is 6.29. The van der Waals surface area contributed by atoms with Crippen LogP contribution in [0, 0.1) is 6.92 Å². The average Bonchev–Trinajstić information content (AvgIpc) is 2.77. The summed E-state index contributed by atoms with van der Waals surface area (Å²) in [4.78, 5) is 21.9. The number of nitrogens with two attached hydrogens (primary N) is 1. The van der Waals surface area contributed by atoms with Gasteiger partial charge in [-0.3, -0.25) is 9.79 Å². The maximum absolute atomic E-state index is 13.3. The molecule has 3 rings (SSSR count). The van der Waals surface area contributed by atoms with E-state index in [-0.39, 0.29) is 11.9 Å². The van der Waals surface area contributed by atoms with E-state index in [1.54, 1.807) is 13.3 Å². The van der Waals surface area contributed by atoms with Crippen LogP contribution in [-0.4, -0.2) is 63.9 Å². The molecule has 2 aromatic rings. The first-order valence-corrected chi connectivity index (χ1v) is 11.7. The number of nitrogens with zero attached hydrogens (tertiary/aromatic N) is 3. The van der Waals surface area contributed by atoms with Crippen molar-refractivity contribution in [1.82, 2.24) is 10.2 Å². The molecule has 0 bridgehead atoms. The van der Waals surface area contributed by atoms with E-state index < -0.39 is 0 Å². The molecule has 7 heteroatoms. The third-order valence-electron chi connectivity index (χ3n) is 6.29. The molecule has 3 N–H and O–H groups in total. The molecule has 182 valence electrons. The molecule has 0 aromatic heterocycles. The summed E-state index contributed by atoms with van der Waals surface area (Å²) >= 11 is 0. The van der Waals surface area contributed by atoms with Crippen molar-refractivity contribution in [2.24, 2.45) is 10.7 Å². The third kappa shape index (κ3) is 5.78. The number of nitrogens with one attached hydrogen (secondary N) is 1. The molecule has 0 radical (unpaired) electrons. The molecule has 1 unspecified atom stereocenters. The molecule has 34 heavy (non-hydrogen) atoms. The van der Waals surface area contributed by atoms with Gasteiger partial charge in [-0.15, -0.1) is 0 Å². The van der Waals surface area contributed by atoms with E-state index in [9.17, 15) is 4.79 Å². The molecule has 1 aliphatic rings. The molecule has 1 saturated heterocycles. The van der Waals surface area contributed by atoms with Crippen LogP contribution in [0.15, 0.2) is 47.6 Å². The van der Waals surface area contributed by atoms with Crippen molar-refractivity contribution in [3.8, 4) is 5.75 Å². The Kier molecular flexibility index (Phi) is 8.34. The van der Waals surface area contributed by atoms with Crippen LogP contribution < -0.4 is 20.7 Å². The van der Waals surface area contributed by atoms with Gasteiger partial charge in [0.25, 0.3) is 5.91 Å². The molecule has 1 heterocycles. The van der Waals surface area contributed by atoms with Crippen LogP contribution in [-0.2, 0) is 0 Å². The lowest BCUT2D eigenvalue weighted by Crippen LogP contribution is -2.57. The lowest BCUT2D eigenvalue weighted by Gasteiger charge is -2.44. The maximum Gasteiger partial charge on any atom is 0.252 e. The topological polar surface area (TPSA) is 83.2 Å². The van der Waals surface area contributed by atoms with Gasteiger partial charge in [-0.1, -0.05) is 6.07 Å². The quantitative estimate of drug-likeness (QED) is 0.555. The number of rotatable bonds is 9. The predicted octanol–water partition coefficient (Wildman–Crippen LogP) is 3.64. The molecular formula is C27H37N5O2. The SMILES string of the molecule is CCOc1cc(/C(C=NC)=C/N)cc(C(C)NC(=O)c2cc(N3CC(N(C)C)C3)ccc2C)c1. The maximum atomic E-state index is 13.3. The second-order valence-electron chi connectivity index (χ2n) is 8.95. The standard InChI is InChI=1S/C27H37N5O2/c1-7-34-25-11-20(10-21(12-25)22(14-28)15-29-4)19(3)30-27(33)26-13-23(9-8-18(26)2)32-16-24(17-32)31(5)6/h8-15,19,24H,7,16-17,28H2,1-6H3,(H,30,33)/b22-14+,29-15?. The van der Waals surface area contributed by atoms with Crippen LogP contribution in [0.4, 0.5) is 5.69 Å². The van der Waals surface area contributed by atoms with Crippen LogP contribution in [0.2, 0.25) is 0 Å². The minimum absolute atomic E-state index is 0.0930. The zero-order chi connectivity index (χ0) is 24.8. The number of aliphatic imine (C=N–C) groups is 1. The van der Waals surface area contributed by atoms with Crippen LogP contribution >= 0.6 is 0 Å². The molecule has 0 saturated carbocycles. The van der Waals surface area contributed by atoms with Gasteiger partial charge in [-0.2, -0.15) is 0 Å². The van der Waals surface area contributed by atoms with Gasteiger partial charge in [0.05, 0.1) is 12.6 Å². The van der Waals surface area contributed by atoms with E-state index in [0.29, 0.717) is 18.2 Å². The van der Waals surface area contributed by atoms with Crippen LogP contribution in [0.3, 0.4) is 0 Å². The summed E-state index contributed by atoms with van der Waals surface area (Å²) in [6, 6.07) is 12.3. The van der Waals surface area contributed by atoms with Crippen molar-refractivity contribution < 1.29 is 9.53 Å². The highest BCUT2D eigenvalue weighted by Crippen LogP contribution is 2.28. The zero-order valence-corrected chi connectivity index (χ0v) is 21.1. The number of benzene rings is 2. The number of likely N-dealkylation sites (N-methyl/N-ethyl adjacent to an activating group) is 1. The zero-order valence-electron chi connectivity index (χ0n) is 21.1.